The molecule has 0 heterocycles. The lowest BCUT2D eigenvalue weighted by atomic mass is 10.1. The smallest absolute Gasteiger partial charge is 0.279 e. The molecule has 0 aliphatic heterocycles. The quantitative estimate of drug-likeness (QED) is 0.794. The number of amides is 2. The number of hydrazine groups is 1. The van der Waals surface area contributed by atoms with Crippen LogP contribution in [0.1, 0.15) is 12.5 Å². The number of benzene rings is 2. The van der Waals surface area contributed by atoms with Gasteiger partial charge in [-0.15, -0.1) is 0 Å². The Labute approximate surface area is 140 Å². The fraction of sp³-hybridized carbons (Fsp3) is 0.222. The molecule has 2 amide bonds. The molecule has 2 aromatic rings. The summed E-state index contributed by atoms with van der Waals surface area (Å²) in [6, 6.07) is 16.1. The van der Waals surface area contributed by atoms with Gasteiger partial charge in [0.05, 0.1) is 13.5 Å². The maximum Gasteiger partial charge on any atom is 0.279 e. The molecule has 0 radical (unpaired) electrons. The summed E-state index contributed by atoms with van der Waals surface area (Å²) in [5, 5.41) is 0. The Kier molecular flexibility index (Phi) is 6.19. The van der Waals surface area contributed by atoms with Gasteiger partial charge < -0.3 is 9.47 Å². The summed E-state index contributed by atoms with van der Waals surface area (Å²) < 4.78 is 10.5. The lowest BCUT2D eigenvalue weighted by Crippen LogP contribution is -2.47. The van der Waals surface area contributed by atoms with Crippen molar-refractivity contribution < 1.29 is 19.1 Å². The molecule has 0 aromatic heterocycles. The van der Waals surface area contributed by atoms with Gasteiger partial charge in [-0.1, -0.05) is 30.3 Å². The van der Waals surface area contributed by atoms with Gasteiger partial charge in [0.15, 0.2) is 6.10 Å². The van der Waals surface area contributed by atoms with Gasteiger partial charge in [0.2, 0.25) is 5.91 Å². The van der Waals surface area contributed by atoms with Crippen LogP contribution in [0.4, 0.5) is 0 Å². The first-order valence-electron chi connectivity index (χ1n) is 7.52. The van der Waals surface area contributed by atoms with E-state index in [9.17, 15) is 9.59 Å². The van der Waals surface area contributed by atoms with E-state index in [0.717, 1.165) is 11.3 Å². The van der Waals surface area contributed by atoms with Crippen LogP contribution in [0.3, 0.4) is 0 Å². The Morgan fingerprint density at radius 1 is 0.958 bits per heavy atom. The molecule has 6 nitrogen and oxygen atoms in total. The molecular formula is C18H20N2O4. The van der Waals surface area contributed by atoms with Crippen LogP contribution in [0.5, 0.6) is 11.5 Å². The maximum atomic E-state index is 11.9. The van der Waals surface area contributed by atoms with Crippen molar-refractivity contribution in [3.63, 3.8) is 0 Å². The van der Waals surface area contributed by atoms with Crippen molar-refractivity contribution in [3.05, 3.63) is 60.2 Å². The molecule has 0 fully saturated rings. The average Bonchev–Trinajstić information content (AvgIpc) is 2.61. The second-order valence-electron chi connectivity index (χ2n) is 5.14. The first kappa shape index (κ1) is 17.3. The Morgan fingerprint density at radius 3 is 2.25 bits per heavy atom. The molecule has 1 atom stereocenters. The van der Waals surface area contributed by atoms with Crippen molar-refractivity contribution in [1.29, 1.82) is 0 Å². The van der Waals surface area contributed by atoms with Crippen LogP contribution in [-0.2, 0) is 16.0 Å². The number of carbonyl (C=O) groups is 2. The van der Waals surface area contributed by atoms with Crippen LogP contribution in [0, 0.1) is 0 Å². The number of ether oxygens (including phenoxy) is 2. The summed E-state index contributed by atoms with van der Waals surface area (Å²) in [6.45, 7) is 1.61. The summed E-state index contributed by atoms with van der Waals surface area (Å²) >= 11 is 0. The zero-order valence-corrected chi connectivity index (χ0v) is 13.6. The van der Waals surface area contributed by atoms with Gasteiger partial charge >= 0.3 is 0 Å². The van der Waals surface area contributed by atoms with Crippen molar-refractivity contribution in [3.8, 4) is 11.5 Å². The number of para-hydroxylation sites is 1. The zero-order chi connectivity index (χ0) is 17.4. The second kappa shape index (κ2) is 8.57. The topological polar surface area (TPSA) is 76.7 Å². The highest BCUT2D eigenvalue weighted by atomic mass is 16.5. The van der Waals surface area contributed by atoms with Crippen molar-refractivity contribution >= 4 is 11.8 Å². The van der Waals surface area contributed by atoms with Crippen LogP contribution in [0.2, 0.25) is 0 Å². The maximum absolute atomic E-state index is 11.9. The molecule has 0 bridgehead atoms. The number of hydrogen-bond acceptors (Lipinski definition) is 4. The lowest BCUT2D eigenvalue weighted by molar-refractivity contribution is -0.132. The van der Waals surface area contributed by atoms with Crippen molar-refractivity contribution in [2.24, 2.45) is 0 Å². The molecular weight excluding hydrogens is 308 g/mol. The molecule has 2 N–H and O–H groups in total. The minimum atomic E-state index is -0.728. The number of carbonyl (C=O) groups excluding carboxylic acids is 2. The summed E-state index contributed by atoms with van der Waals surface area (Å²) in [4.78, 5) is 23.8. The predicted molar refractivity (Wildman–Crippen MR) is 89.5 cm³/mol. The van der Waals surface area contributed by atoms with Crippen molar-refractivity contribution in [2.45, 2.75) is 19.4 Å². The van der Waals surface area contributed by atoms with Gasteiger partial charge in [-0.05, 0) is 36.8 Å². The normalized spacial score (nSPS) is 11.2. The Bertz CT molecular complexity index is 671. The minimum Gasteiger partial charge on any atom is -0.497 e. The highest BCUT2D eigenvalue weighted by Crippen LogP contribution is 2.12. The number of nitrogens with one attached hydrogen (secondary N) is 2. The van der Waals surface area contributed by atoms with Crippen LogP contribution >= 0.6 is 0 Å². The summed E-state index contributed by atoms with van der Waals surface area (Å²) in [5.41, 5.74) is 5.55. The van der Waals surface area contributed by atoms with Gasteiger partial charge in [0.25, 0.3) is 5.91 Å². The summed E-state index contributed by atoms with van der Waals surface area (Å²) in [5.74, 6) is 0.561. The minimum absolute atomic E-state index is 0.151. The standard InChI is InChI=1S/C18H20N2O4/c1-13(24-16-6-4-3-5-7-16)18(22)20-19-17(21)12-14-8-10-15(23-2)11-9-14/h3-11,13H,12H2,1-2H3,(H,19,21)(H,20,22)/t13-/m1/s1. The zero-order valence-electron chi connectivity index (χ0n) is 13.6. The van der Waals surface area contributed by atoms with E-state index in [0.29, 0.717) is 5.75 Å². The predicted octanol–water partition coefficient (Wildman–Crippen LogP) is 1.85. The van der Waals surface area contributed by atoms with Gasteiger partial charge in [0.1, 0.15) is 11.5 Å². The molecule has 0 aliphatic carbocycles. The highest BCUT2D eigenvalue weighted by Gasteiger charge is 2.15. The van der Waals surface area contributed by atoms with E-state index in [1.54, 1.807) is 50.4 Å². The molecule has 2 rings (SSSR count). The molecule has 2 aromatic carbocycles. The van der Waals surface area contributed by atoms with E-state index in [4.69, 9.17) is 9.47 Å². The number of methoxy groups -OCH3 is 1. The van der Waals surface area contributed by atoms with E-state index >= 15 is 0 Å². The number of rotatable bonds is 6. The molecule has 0 saturated heterocycles. The van der Waals surface area contributed by atoms with Gasteiger partial charge in [0, 0.05) is 0 Å². The molecule has 0 saturated carbocycles. The van der Waals surface area contributed by atoms with Crippen LogP contribution in [0.25, 0.3) is 0 Å². The lowest BCUT2D eigenvalue weighted by Gasteiger charge is -2.15. The largest absolute Gasteiger partial charge is 0.497 e. The molecule has 6 heteroatoms. The van der Waals surface area contributed by atoms with Gasteiger partial charge in [-0.3, -0.25) is 20.4 Å². The first-order chi connectivity index (χ1) is 11.6. The molecule has 24 heavy (non-hydrogen) atoms. The van der Waals surface area contributed by atoms with E-state index < -0.39 is 12.0 Å². The molecule has 0 aliphatic rings. The van der Waals surface area contributed by atoms with E-state index in [1.807, 2.05) is 18.2 Å². The van der Waals surface area contributed by atoms with E-state index in [1.165, 1.54) is 0 Å². The fourth-order valence-electron chi connectivity index (χ4n) is 1.96. The van der Waals surface area contributed by atoms with E-state index in [-0.39, 0.29) is 12.3 Å². The van der Waals surface area contributed by atoms with Gasteiger partial charge in [-0.25, -0.2) is 0 Å². The van der Waals surface area contributed by atoms with Crippen LogP contribution in [-0.4, -0.2) is 25.0 Å². The molecule has 0 unspecified atom stereocenters. The first-order valence-corrected chi connectivity index (χ1v) is 7.52. The van der Waals surface area contributed by atoms with Gasteiger partial charge in [-0.2, -0.15) is 0 Å². The number of hydrogen-bond donors (Lipinski definition) is 2. The Morgan fingerprint density at radius 2 is 1.62 bits per heavy atom. The molecule has 126 valence electrons. The summed E-state index contributed by atoms with van der Waals surface area (Å²) in [7, 11) is 1.58. The third kappa shape index (κ3) is 5.31. The Hall–Kier alpha value is -3.02. The average molecular weight is 328 g/mol. The monoisotopic (exact) mass is 328 g/mol. The second-order valence-corrected chi connectivity index (χ2v) is 5.14. The summed E-state index contributed by atoms with van der Waals surface area (Å²) in [6.07, 6.45) is -0.577. The van der Waals surface area contributed by atoms with Crippen LogP contribution < -0.4 is 20.3 Å². The third-order valence-corrected chi connectivity index (χ3v) is 3.27. The molecule has 0 spiro atoms. The van der Waals surface area contributed by atoms with Crippen molar-refractivity contribution in [2.75, 3.05) is 7.11 Å². The Balaban J connectivity index is 1.76. The van der Waals surface area contributed by atoms with E-state index in [2.05, 4.69) is 10.9 Å². The fourth-order valence-corrected chi connectivity index (χ4v) is 1.96. The van der Waals surface area contributed by atoms with Crippen molar-refractivity contribution in [1.82, 2.24) is 10.9 Å². The highest BCUT2D eigenvalue weighted by molar-refractivity contribution is 5.85. The SMILES string of the molecule is COc1ccc(CC(=O)NNC(=O)[C@@H](C)Oc2ccccc2)cc1. The van der Waals surface area contributed by atoms with Crippen LogP contribution in [0.15, 0.2) is 54.6 Å². The third-order valence-electron chi connectivity index (χ3n) is 3.27.